The van der Waals surface area contributed by atoms with Crippen LogP contribution in [0.1, 0.15) is 120 Å². The maximum absolute atomic E-state index is 16.1. The van der Waals surface area contributed by atoms with E-state index in [0.29, 0.717) is 5.56 Å². The van der Waals surface area contributed by atoms with Gasteiger partial charge in [0.2, 0.25) is 0 Å². The van der Waals surface area contributed by atoms with Crippen LogP contribution in [-0.4, -0.2) is 12.6 Å². The van der Waals surface area contributed by atoms with Gasteiger partial charge in [-0.25, -0.2) is 13.6 Å². The predicted octanol–water partition coefficient (Wildman–Crippen LogP) is 11.4. The van der Waals surface area contributed by atoms with Crippen molar-refractivity contribution in [1.82, 2.24) is 0 Å². The minimum absolute atomic E-state index is 0.0442. The largest absolute Gasteiger partial charge is 0.376 e. The molecule has 5 heteroatoms. The quantitative estimate of drug-likeness (QED) is 0.0760. The Balaban J connectivity index is 1.71. The number of benzene rings is 3. The number of halogens is 2. The van der Waals surface area contributed by atoms with E-state index >= 15 is 8.78 Å². The molecule has 0 fully saturated rings. The Bertz CT molecular complexity index is 1210. The highest BCUT2D eigenvalue weighted by Gasteiger charge is 2.24. The van der Waals surface area contributed by atoms with E-state index in [0.717, 1.165) is 49.7 Å². The van der Waals surface area contributed by atoms with E-state index < -0.39 is 17.6 Å². The molecule has 0 atom stereocenters. The molecule has 3 rings (SSSR count). The summed E-state index contributed by atoms with van der Waals surface area (Å²) < 4.78 is 31.6. The molecular formula is C37H48F2O3. The number of hydrogen-bond acceptors (Lipinski definition) is 3. The van der Waals surface area contributed by atoms with Gasteiger partial charge in [-0.05, 0) is 48.1 Å². The van der Waals surface area contributed by atoms with E-state index in [1.807, 2.05) is 36.4 Å². The van der Waals surface area contributed by atoms with E-state index in [1.54, 1.807) is 12.1 Å². The molecule has 3 aromatic rings. The average molecular weight is 579 g/mol. The van der Waals surface area contributed by atoms with Gasteiger partial charge in [0, 0.05) is 11.1 Å². The molecule has 0 aromatic heterocycles. The molecule has 0 unspecified atom stereocenters. The highest BCUT2D eigenvalue weighted by atomic mass is 19.1. The summed E-state index contributed by atoms with van der Waals surface area (Å²) in [5.41, 5.74) is 2.01. The van der Waals surface area contributed by atoms with Gasteiger partial charge in [-0.3, -0.25) is 4.89 Å². The molecule has 0 radical (unpaired) electrons. The van der Waals surface area contributed by atoms with Crippen LogP contribution in [-0.2, 0) is 16.2 Å². The first-order valence-corrected chi connectivity index (χ1v) is 16.1. The van der Waals surface area contributed by atoms with Gasteiger partial charge in [-0.15, -0.1) is 0 Å². The van der Waals surface area contributed by atoms with Crippen LogP contribution in [0.4, 0.5) is 8.78 Å². The van der Waals surface area contributed by atoms with E-state index in [1.165, 1.54) is 69.9 Å². The standard InChI is InChI=1S/C37H48F2O3/c1-3-5-7-9-11-13-16-20-29-23-24-32(34(38)28-29)35-31(30-21-17-15-18-22-30)25-26-33(36(35)39)37(40)42-41-27-19-14-12-10-8-6-4-2/h15,17-18,21-26,28H,3-14,16,19-20,27H2,1-2H3. The lowest BCUT2D eigenvalue weighted by atomic mass is 9.91. The molecule has 0 aliphatic rings. The number of hydrogen-bond donors (Lipinski definition) is 0. The molecule has 3 aromatic carbocycles. The maximum Gasteiger partial charge on any atom is 0.376 e. The SMILES string of the molecule is CCCCCCCCCOOC(=O)c1ccc(-c2ccccc2)c(-c2ccc(CCCCCCCCC)cc2F)c1F. The normalized spacial score (nSPS) is 11.1. The highest BCUT2D eigenvalue weighted by molar-refractivity contribution is 5.95. The monoisotopic (exact) mass is 578 g/mol. The first-order chi connectivity index (χ1) is 20.6. The van der Waals surface area contributed by atoms with Crippen molar-refractivity contribution in [2.75, 3.05) is 6.61 Å². The molecule has 3 nitrogen and oxygen atoms in total. The number of carbonyl (C=O) groups is 1. The molecule has 0 saturated carbocycles. The lowest BCUT2D eigenvalue weighted by molar-refractivity contribution is -0.241. The zero-order valence-electron chi connectivity index (χ0n) is 25.6. The number of unbranched alkanes of at least 4 members (excludes halogenated alkanes) is 12. The fourth-order valence-electron chi connectivity index (χ4n) is 5.32. The van der Waals surface area contributed by atoms with Crippen LogP contribution in [0.5, 0.6) is 0 Å². The van der Waals surface area contributed by atoms with Crippen LogP contribution < -0.4 is 0 Å². The smallest absolute Gasteiger partial charge is 0.293 e. The van der Waals surface area contributed by atoms with E-state index in [9.17, 15) is 4.79 Å². The summed E-state index contributed by atoms with van der Waals surface area (Å²) in [6.07, 6.45) is 16.8. The minimum atomic E-state index is -0.924. The van der Waals surface area contributed by atoms with E-state index in [2.05, 4.69) is 13.8 Å². The van der Waals surface area contributed by atoms with Crippen molar-refractivity contribution in [2.24, 2.45) is 0 Å². The Morgan fingerprint density at radius 3 is 1.90 bits per heavy atom. The van der Waals surface area contributed by atoms with Crippen molar-refractivity contribution >= 4 is 5.97 Å². The average Bonchev–Trinajstić information content (AvgIpc) is 3.00. The number of carbonyl (C=O) groups excluding carboxylic acids is 1. The number of rotatable bonds is 20. The van der Waals surface area contributed by atoms with Gasteiger partial charge in [0.15, 0.2) is 0 Å². The van der Waals surface area contributed by atoms with Gasteiger partial charge >= 0.3 is 5.97 Å². The topological polar surface area (TPSA) is 35.5 Å². The van der Waals surface area contributed by atoms with Gasteiger partial charge in [0.05, 0.1) is 12.2 Å². The summed E-state index contributed by atoms with van der Waals surface area (Å²) in [4.78, 5) is 22.9. The Morgan fingerprint density at radius 1 is 0.667 bits per heavy atom. The molecule has 0 bridgehead atoms. The second-order valence-corrected chi connectivity index (χ2v) is 11.2. The fourth-order valence-corrected chi connectivity index (χ4v) is 5.32. The van der Waals surface area contributed by atoms with Crippen LogP contribution in [0.3, 0.4) is 0 Å². The Kier molecular flexibility index (Phi) is 15.3. The first kappa shape index (κ1) is 33.5. The van der Waals surface area contributed by atoms with Gasteiger partial charge in [-0.2, -0.15) is 4.89 Å². The fraction of sp³-hybridized carbons (Fsp3) is 0.486. The molecule has 228 valence electrons. The van der Waals surface area contributed by atoms with Crippen LogP contribution in [0.2, 0.25) is 0 Å². The maximum atomic E-state index is 16.1. The van der Waals surface area contributed by atoms with Crippen LogP contribution >= 0.6 is 0 Å². The minimum Gasteiger partial charge on any atom is -0.293 e. The summed E-state index contributed by atoms with van der Waals surface area (Å²) >= 11 is 0. The van der Waals surface area contributed by atoms with Crippen molar-refractivity contribution < 1.29 is 23.4 Å². The van der Waals surface area contributed by atoms with Crippen molar-refractivity contribution in [3.63, 3.8) is 0 Å². The second-order valence-electron chi connectivity index (χ2n) is 11.2. The molecule has 0 amide bonds. The van der Waals surface area contributed by atoms with Crippen molar-refractivity contribution in [2.45, 2.75) is 110 Å². The summed E-state index contributed by atoms with van der Waals surface area (Å²) in [6.45, 7) is 4.65. The molecular weight excluding hydrogens is 530 g/mol. The lowest BCUT2D eigenvalue weighted by Crippen LogP contribution is -2.10. The van der Waals surface area contributed by atoms with Gasteiger partial charge in [-0.1, -0.05) is 139 Å². The molecule has 0 spiro atoms. The Morgan fingerprint density at radius 2 is 1.26 bits per heavy atom. The zero-order chi connectivity index (χ0) is 30.0. The van der Waals surface area contributed by atoms with E-state index in [4.69, 9.17) is 9.78 Å². The lowest BCUT2D eigenvalue weighted by Gasteiger charge is -2.15. The van der Waals surface area contributed by atoms with Crippen LogP contribution in [0, 0.1) is 11.6 Å². The summed E-state index contributed by atoms with van der Waals surface area (Å²) in [6, 6.07) is 17.3. The van der Waals surface area contributed by atoms with Crippen molar-refractivity contribution in [1.29, 1.82) is 0 Å². The third-order valence-electron chi connectivity index (χ3n) is 7.78. The zero-order valence-corrected chi connectivity index (χ0v) is 25.6. The summed E-state index contributed by atoms with van der Waals surface area (Å²) in [5, 5.41) is 0. The number of aryl methyl sites for hydroxylation is 1. The predicted molar refractivity (Wildman–Crippen MR) is 168 cm³/mol. The third kappa shape index (κ3) is 10.7. The highest BCUT2D eigenvalue weighted by Crippen LogP contribution is 2.37. The van der Waals surface area contributed by atoms with Crippen molar-refractivity contribution in [3.05, 3.63) is 83.4 Å². The first-order valence-electron chi connectivity index (χ1n) is 16.1. The van der Waals surface area contributed by atoms with Gasteiger partial charge in [0.1, 0.15) is 11.6 Å². The molecule has 0 aliphatic heterocycles. The molecule has 0 heterocycles. The summed E-state index contributed by atoms with van der Waals surface area (Å²) in [7, 11) is 0. The van der Waals surface area contributed by atoms with Gasteiger partial charge < -0.3 is 0 Å². The van der Waals surface area contributed by atoms with E-state index in [-0.39, 0.29) is 23.3 Å². The third-order valence-corrected chi connectivity index (χ3v) is 7.78. The van der Waals surface area contributed by atoms with Crippen LogP contribution in [0.15, 0.2) is 60.7 Å². The van der Waals surface area contributed by atoms with Crippen molar-refractivity contribution in [3.8, 4) is 22.3 Å². The summed E-state index contributed by atoms with van der Waals surface area (Å²) in [5.74, 6) is -2.25. The molecule has 0 aliphatic carbocycles. The molecule has 42 heavy (non-hydrogen) atoms. The second kappa shape index (κ2) is 19.2. The van der Waals surface area contributed by atoms with Crippen LogP contribution in [0.25, 0.3) is 22.3 Å². The molecule has 0 saturated heterocycles. The molecule has 0 N–H and O–H groups in total. The Hall–Kier alpha value is -3.05. The Labute approximate surface area is 251 Å². The van der Waals surface area contributed by atoms with Gasteiger partial charge in [0.25, 0.3) is 0 Å².